The first-order valence-corrected chi connectivity index (χ1v) is 9.02. The van der Waals surface area contributed by atoms with Crippen molar-refractivity contribution in [2.24, 2.45) is 0 Å². The molecule has 7 nitrogen and oxygen atoms in total. The summed E-state index contributed by atoms with van der Waals surface area (Å²) in [6.45, 7) is 0. The zero-order chi connectivity index (χ0) is 20.8. The van der Waals surface area contributed by atoms with E-state index in [0.717, 1.165) is 0 Å². The lowest BCUT2D eigenvalue weighted by Gasteiger charge is -2.21. The third-order valence-corrected chi connectivity index (χ3v) is 4.37. The number of benzene rings is 2. The van der Waals surface area contributed by atoms with Crippen LogP contribution >= 0.6 is 11.6 Å². The first kappa shape index (κ1) is 20.3. The fourth-order valence-corrected chi connectivity index (χ4v) is 2.77. The number of methoxy groups -OCH3 is 2. The lowest BCUT2D eigenvalue weighted by atomic mass is 10.1. The number of halogens is 1. The number of hydrogen-bond acceptors (Lipinski definition) is 6. The van der Waals surface area contributed by atoms with Crippen LogP contribution in [0.15, 0.2) is 65.3 Å². The first-order valence-electron chi connectivity index (χ1n) is 8.64. The van der Waals surface area contributed by atoms with Gasteiger partial charge < -0.3 is 24.5 Å². The van der Waals surface area contributed by atoms with E-state index < -0.39 is 12.1 Å². The molecule has 0 radical (unpaired) electrons. The van der Waals surface area contributed by atoms with Gasteiger partial charge in [0.05, 0.1) is 26.2 Å². The number of rotatable bonds is 8. The van der Waals surface area contributed by atoms with Gasteiger partial charge in [-0.15, -0.1) is 0 Å². The summed E-state index contributed by atoms with van der Waals surface area (Å²) in [5.74, 6) is 0.205. The second-order valence-corrected chi connectivity index (χ2v) is 6.40. The number of Topliss-reactive ketones (excluding diaryl/α,β-unsaturated/α-hetero) is 1. The highest BCUT2D eigenvalue weighted by Gasteiger charge is 2.25. The summed E-state index contributed by atoms with van der Waals surface area (Å²) in [5, 5.41) is 6.16. The molecule has 0 saturated carbocycles. The van der Waals surface area contributed by atoms with Crippen molar-refractivity contribution in [3.63, 3.8) is 0 Å². The van der Waals surface area contributed by atoms with Gasteiger partial charge in [-0.1, -0.05) is 11.6 Å². The van der Waals surface area contributed by atoms with Crippen molar-refractivity contribution < 1.29 is 23.5 Å². The molecule has 1 amide bonds. The van der Waals surface area contributed by atoms with Gasteiger partial charge in [0.15, 0.2) is 11.9 Å². The molecular weight excluding hydrogens is 396 g/mol. The Balaban J connectivity index is 1.93. The van der Waals surface area contributed by atoms with Gasteiger partial charge in [-0.3, -0.25) is 9.59 Å². The van der Waals surface area contributed by atoms with E-state index in [0.29, 0.717) is 27.8 Å². The first-order chi connectivity index (χ1) is 14.0. The van der Waals surface area contributed by atoms with Crippen LogP contribution in [0.4, 0.5) is 5.69 Å². The quantitative estimate of drug-likeness (QED) is 0.427. The number of carbonyl (C=O) groups is 2. The Kier molecular flexibility index (Phi) is 6.41. The molecule has 0 aliphatic heterocycles. The maximum Gasteiger partial charge on any atom is 0.288 e. The van der Waals surface area contributed by atoms with E-state index in [9.17, 15) is 9.59 Å². The predicted octanol–water partition coefficient (Wildman–Crippen LogP) is 4.00. The molecule has 0 aliphatic rings. The molecule has 2 N–H and O–H groups in total. The average molecular weight is 415 g/mol. The van der Waals surface area contributed by atoms with Gasteiger partial charge in [0.25, 0.3) is 5.91 Å². The molecule has 1 heterocycles. The van der Waals surface area contributed by atoms with E-state index in [1.165, 1.54) is 26.5 Å². The van der Waals surface area contributed by atoms with Gasteiger partial charge in [0, 0.05) is 16.7 Å². The summed E-state index contributed by atoms with van der Waals surface area (Å²) >= 11 is 5.91. The van der Waals surface area contributed by atoms with Gasteiger partial charge in [0.2, 0.25) is 5.78 Å². The number of carbonyl (C=O) groups excluding carboxylic acids is 2. The van der Waals surface area contributed by atoms with Crippen molar-refractivity contribution in [2.75, 3.05) is 19.5 Å². The molecule has 150 valence electrons. The largest absolute Gasteiger partial charge is 0.497 e. The third kappa shape index (κ3) is 4.89. The SMILES string of the molecule is COc1ccc(OC)c(NC(NC(=O)c2ccco2)C(=O)c2ccc(Cl)cc2)c1. The average Bonchev–Trinajstić information content (AvgIpc) is 3.28. The van der Waals surface area contributed by atoms with Crippen molar-refractivity contribution in [3.05, 3.63) is 77.2 Å². The monoisotopic (exact) mass is 414 g/mol. The second-order valence-electron chi connectivity index (χ2n) is 5.97. The van der Waals surface area contributed by atoms with Crippen LogP contribution in [0.2, 0.25) is 5.02 Å². The summed E-state index contributed by atoms with van der Waals surface area (Å²) < 4.78 is 15.7. The number of anilines is 1. The molecule has 8 heteroatoms. The van der Waals surface area contributed by atoms with Gasteiger partial charge >= 0.3 is 0 Å². The molecule has 1 atom stereocenters. The van der Waals surface area contributed by atoms with Crippen LogP contribution in [0.1, 0.15) is 20.9 Å². The lowest BCUT2D eigenvalue weighted by molar-refractivity contribution is 0.0852. The summed E-state index contributed by atoms with van der Waals surface area (Å²) in [7, 11) is 3.03. The third-order valence-electron chi connectivity index (χ3n) is 4.12. The van der Waals surface area contributed by atoms with Gasteiger partial charge in [0.1, 0.15) is 11.5 Å². The van der Waals surface area contributed by atoms with E-state index >= 15 is 0 Å². The Bertz CT molecular complexity index is 987. The lowest BCUT2D eigenvalue weighted by Crippen LogP contribution is -2.46. The van der Waals surface area contributed by atoms with Crippen molar-refractivity contribution in [1.82, 2.24) is 5.32 Å². The Hall–Kier alpha value is -3.45. The summed E-state index contributed by atoms with van der Waals surface area (Å²) in [6, 6.07) is 14.6. The van der Waals surface area contributed by atoms with E-state index in [4.69, 9.17) is 25.5 Å². The highest BCUT2D eigenvalue weighted by atomic mass is 35.5. The van der Waals surface area contributed by atoms with Crippen LogP contribution in [-0.4, -0.2) is 32.1 Å². The van der Waals surface area contributed by atoms with Crippen molar-refractivity contribution >= 4 is 29.0 Å². The van der Waals surface area contributed by atoms with Crippen molar-refractivity contribution in [3.8, 4) is 11.5 Å². The Morgan fingerprint density at radius 3 is 2.41 bits per heavy atom. The maximum atomic E-state index is 13.1. The zero-order valence-corrected chi connectivity index (χ0v) is 16.5. The molecule has 29 heavy (non-hydrogen) atoms. The molecule has 3 aromatic rings. The normalized spacial score (nSPS) is 11.4. The van der Waals surface area contributed by atoms with Gasteiger partial charge in [-0.2, -0.15) is 0 Å². The molecule has 3 rings (SSSR count). The topological polar surface area (TPSA) is 89.8 Å². The maximum absolute atomic E-state index is 13.1. The molecule has 0 spiro atoms. The molecule has 0 bridgehead atoms. The Morgan fingerprint density at radius 1 is 1.03 bits per heavy atom. The van der Waals surface area contributed by atoms with E-state index in [1.807, 2.05) is 0 Å². The van der Waals surface area contributed by atoms with Crippen LogP contribution in [0.5, 0.6) is 11.5 Å². The second kappa shape index (κ2) is 9.16. The van der Waals surface area contributed by atoms with Crippen LogP contribution in [-0.2, 0) is 0 Å². The molecule has 0 saturated heterocycles. The van der Waals surface area contributed by atoms with E-state index in [2.05, 4.69) is 10.6 Å². The van der Waals surface area contributed by atoms with Crippen LogP contribution in [0.3, 0.4) is 0 Å². The molecule has 0 aliphatic carbocycles. The van der Waals surface area contributed by atoms with Crippen molar-refractivity contribution in [1.29, 1.82) is 0 Å². The van der Waals surface area contributed by atoms with Crippen LogP contribution in [0.25, 0.3) is 0 Å². The minimum atomic E-state index is -1.10. The Labute approximate surface area is 172 Å². The zero-order valence-electron chi connectivity index (χ0n) is 15.8. The summed E-state index contributed by atoms with van der Waals surface area (Å²) in [4.78, 5) is 25.6. The number of hydrogen-bond donors (Lipinski definition) is 2. The Morgan fingerprint density at radius 2 is 1.79 bits per heavy atom. The highest BCUT2D eigenvalue weighted by molar-refractivity contribution is 6.30. The summed E-state index contributed by atoms with van der Waals surface area (Å²) in [6.07, 6.45) is 0.276. The number of ketones is 1. The number of furan rings is 1. The van der Waals surface area contributed by atoms with Crippen LogP contribution in [0, 0.1) is 0 Å². The highest BCUT2D eigenvalue weighted by Crippen LogP contribution is 2.29. The molecule has 1 unspecified atom stereocenters. The minimum absolute atomic E-state index is 0.0818. The number of ether oxygens (including phenoxy) is 2. The van der Waals surface area contributed by atoms with E-state index in [1.54, 1.807) is 48.5 Å². The molecule has 1 aromatic heterocycles. The fourth-order valence-electron chi connectivity index (χ4n) is 2.64. The molecular formula is C21H19ClN2O5. The summed E-state index contributed by atoms with van der Waals surface area (Å²) in [5.41, 5.74) is 0.840. The predicted molar refractivity (Wildman–Crippen MR) is 109 cm³/mol. The standard InChI is InChI=1S/C21H19ClN2O5/c1-27-15-9-10-17(28-2)16(12-15)23-20(24-21(26)18-4-3-11-29-18)19(25)13-5-7-14(22)8-6-13/h3-12,20,23H,1-2H3,(H,24,26). The molecule has 0 fully saturated rings. The fraction of sp³-hybridized carbons (Fsp3) is 0.143. The number of amides is 1. The minimum Gasteiger partial charge on any atom is -0.497 e. The smallest absolute Gasteiger partial charge is 0.288 e. The van der Waals surface area contributed by atoms with Crippen molar-refractivity contribution in [2.45, 2.75) is 6.17 Å². The van der Waals surface area contributed by atoms with Gasteiger partial charge in [-0.25, -0.2) is 0 Å². The van der Waals surface area contributed by atoms with Gasteiger partial charge in [-0.05, 0) is 48.5 Å². The van der Waals surface area contributed by atoms with Crippen LogP contribution < -0.4 is 20.1 Å². The van der Waals surface area contributed by atoms with E-state index in [-0.39, 0.29) is 11.5 Å². The molecule has 2 aromatic carbocycles. The number of nitrogens with one attached hydrogen (secondary N) is 2.